The van der Waals surface area contributed by atoms with E-state index in [0.29, 0.717) is 11.3 Å². The molecule has 3 rings (SSSR count). The molecule has 2 unspecified atom stereocenters. The van der Waals surface area contributed by atoms with E-state index < -0.39 is 27.2 Å². The maximum Gasteiger partial charge on any atom is 0.314 e. The minimum Gasteiger partial charge on any atom is -0.489 e. The molecule has 2 aromatic carbocycles. The van der Waals surface area contributed by atoms with Crippen molar-refractivity contribution in [2.45, 2.75) is 11.1 Å². The number of benzene rings is 2. The maximum atomic E-state index is 12.7. The molecule has 8 nitrogen and oxygen atoms in total. The van der Waals surface area contributed by atoms with Gasteiger partial charge in [-0.25, -0.2) is 0 Å². The van der Waals surface area contributed by atoms with Crippen LogP contribution in [0.5, 0.6) is 5.75 Å². The summed E-state index contributed by atoms with van der Waals surface area (Å²) in [6.45, 7) is 0.0871. The molecule has 1 aliphatic rings. The van der Waals surface area contributed by atoms with Gasteiger partial charge in [-0.3, -0.25) is 19.7 Å². The summed E-state index contributed by atoms with van der Waals surface area (Å²) in [4.78, 5) is 34.6. The number of nitrogens with zero attached hydrogens (tertiary/aromatic N) is 1. The van der Waals surface area contributed by atoms with Gasteiger partial charge in [0.05, 0.1) is 4.92 Å². The first-order valence-electron chi connectivity index (χ1n) is 8.85. The van der Waals surface area contributed by atoms with Gasteiger partial charge in [-0.05, 0) is 29.8 Å². The fourth-order valence-corrected chi connectivity index (χ4v) is 3.58. The number of rotatable bonds is 7. The van der Waals surface area contributed by atoms with E-state index in [-0.39, 0.29) is 17.9 Å². The van der Waals surface area contributed by atoms with Gasteiger partial charge in [0.1, 0.15) is 22.7 Å². The first-order chi connectivity index (χ1) is 14.3. The van der Waals surface area contributed by atoms with Gasteiger partial charge >= 0.3 is 5.97 Å². The number of nitro benzene ring substituents is 1. The lowest BCUT2D eigenvalue weighted by Crippen LogP contribution is -2.50. The van der Waals surface area contributed by atoms with Crippen molar-refractivity contribution in [3.8, 4) is 5.75 Å². The largest absolute Gasteiger partial charge is 0.489 e. The van der Waals surface area contributed by atoms with E-state index in [0.717, 1.165) is 0 Å². The number of hydrogen-bond donors (Lipinski definition) is 2. The fraction of sp³-hybridized carbons (Fsp3) is 0.143. The first kappa shape index (κ1) is 21.3. The molecule has 0 saturated carbocycles. The second-order valence-corrected chi connectivity index (χ2v) is 7.84. The highest BCUT2D eigenvalue weighted by Crippen LogP contribution is 2.31. The normalized spacial score (nSPS) is 19.8. The zero-order valence-corrected chi connectivity index (χ0v) is 17.1. The van der Waals surface area contributed by atoms with Gasteiger partial charge in [0.25, 0.3) is 11.6 Å². The number of amides is 1. The van der Waals surface area contributed by atoms with E-state index in [1.165, 1.54) is 24.3 Å². The van der Waals surface area contributed by atoms with Crippen LogP contribution >= 0.6 is 15.9 Å². The molecule has 154 valence electrons. The fourth-order valence-electron chi connectivity index (χ4n) is 2.90. The Morgan fingerprint density at radius 1 is 1.20 bits per heavy atom. The number of aliphatic carboxylic acids is 1. The van der Waals surface area contributed by atoms with Crippen LogP contribution in [0.1, 0.15) is 15.9 Å². The molecule has 30 heavy (non-hydrogen) atoms. The topological polar surface area (TPSA) is 119 Å². The first-order valence-corrected chi connectivity index (χ1v) is 9.64. The van der Waals surface area contributed by atoms with Gasteiger partial charge in [-0.1, -0.05) is 52.4 Å². The zero-order valence-electron chi connectivity index (χ0n) is 15.5. The summed E-state index contributed by atoms with van der Waals surface area (Å²) in [5.41, 5.74) is 0.855. The highest BCUT2D eigenvalue weighted by atomic mass is 79.9. The third kappa shape index (κ3) is 4.93. The Hall–Kier alpha value is -3.46. The average molecular weight is 473 g/mol. The lowest BCUT2D eigenvalue weighted by Gasteiger charge is -2.31. The highest BCUT2D eigenvalue weighted by molar-refractivity contribution is 9.10. The lowest BCUT2D eigenvalue weighted by molar-refractivity contribution is -0.384. The number of ether oxygens (including phenoxy) is 1. The predicted octanol–water partition coefficient (Wildman–Crippen LogP) is 3.82. The van der Waals surface area contributed by atoms with Crippen LogP contribution in [-0.4, -0.2) is 26.4 Å². The maximum absolute atomic E-state index is 12.7. The number of carboxylic acids is 1. The summed E-state index contributed by atoms with van der Waals surface area (Å²) in [5, 5.41) is 23.0. The number of halogens is 1. The molecule has 0 saturated heterocycles. The molecule has 9 heteroatoms. The summed E-state index contributed by atoms with van der Waals surface area (Å²) < 4.78 is 4.40. The average Bonchev–Trinajstić information content (AvgIpc) is 2.72. The molecule has 2 aromatic rings. The lowest BCUT2D eigenvalue weighted by atomic mass is 9.94. The van der Waals surface area contributed by atoms with Crippen molar-refractivity contribution in [1.29, 1.82) is 0 Å². The minimum atomic E-state index is -1.26. The predicted molar refractivity (Wildman–Crippen MR) is 112 cm³/mol. The number of nitrogens with one attached hydrogen (secondary N) is 1. The zero-order chi connectivity index (χ0) is 21.7. The van der Waals surface area contributed by atoms with Crippen molar-refractivity contribution in [2.75, 3.05) is 0 Å². The van der Waals surface area contributed by atoms with E-state index in [2.05, 4.69) is 21.2 Å². The number of nitro groups is 1. The molecule has 0 aromatic heterocycles. The summed E-state index contributed by atoms with van der Waals surface area (Å²) in [6, 6.07) is 12.5. The van der Waals surface area contributed by atoms with E-state index in [1.54, 1.807) is 48.6 Å². The third-order valence-electron chi connectivity index (χ3n) is 4.40. The molecule has 0 aliphatic heterocycles. The molecule has 2 atom stereocenters. The van der Waals surface area contributed by atoms with Crippen LogP contribution < -0.4 is 10.1 Å². The van der Waals surface area contributed by atoms with Crippen LogP contribution in [0.15, 0.2) is 72.8 Å². The monoisotopic (exact) mass is 472 g/mol. The SMILES string of the molecule is O=C(NC1(Br)C=CC=CC1C(=O)O)c1cccc(OCc2cccc([N+](=O)[O-])c2)c1. The molecule has 0 spiro atoms. The highest BCUT2D eigenvalue weighted by Gasteiger charge is 2.40. The summed E-state index contributed by atoms with van der Waals surface area (Å²) in [6.07, 6.45) is 6.29. The summed E-state index contributed by atoms with van der Waals surface area (Å²) in [7, 11) is 0. The second-order valence-electron chi connectivity index (χ2n) is 6.53. The van der Waals surface area contributed by atoms with Gasteiger partial charge in [0.15, 0.2) is 0 Å². The second kappa shape index (κ2) is 8.91. The Bertz CT molecular complexity index is 1050. The Morgan fingerprint density at radius 3 is 2.70 bits per heavy atom. The van der Waals surface area contributed by atoms with Gasteiger partial charge in [-0.2, -0.15) is 0 Å². The molecular weight excluding hydrogens is 456 g/mol. The molecule has 0 bridgehead atoms. The number of carboxylic acid groups (broad SMARTS) is 1. The van der Waals surface area contributed by atoms with Crippen LogP contribution in [0.3, 0.4) is 0 Å². The van der Waals surface area contributed by atoms with E-state index >= 15 is 0 Å². The molecule has 1 amide bonds. The molecular formula is C21H17BrN2O6. The van der Waals surface area contributed by atoms with Crippen molar-refractivity contribution >= 4 is 33.5 Å². The van der Waals surface area contributed by atoms with Crippen molar-refractivity contribution < 1.29 is 24.4 Å². The number of carbonyl (C=O) groups excluding carboxylic acids is 1. The Labute approximate surface area is 180 Å². The van der Waals surface area contributed by atoms with Crippen molar-refractivity contribution in [1.82, 2.24) is 5.32 Å². The van der Waals surface area contributed by atoms with Crippen molar-refractivity contribution in [3.63, 3.8) is 0 Å². The summed E-state index contributed by atoms with van der Waals surface area (Å²) in [5.74, 6) is -2.15. The Kier molecular flexibility index (Phi) is 6.31. The number of hydrogen-bond acceptors (Lipinski definition) is 5. The van der Waals surface area contributed by atoms with Gasteiger partial charge < -0.3 is 15.2 Å². The van der Waals surface area contributed by atoms with Crippen LogP contribution in [0.25, 0.3) is 0 Å². The molecule has 2 N–H and O–H groups in total. The smallest absolute Gasteiger partial charge is 0.314 e. The van der Waals surface area contributed by atoms with Crippen LogP contribution in [0.4, 0.5) is 5.69 Å². The van der Waals surface area contributed by atoms with Crippen molar-refractivity contribution in [3.05, 3.63) is 94.1 Å². The number of allylic oxidation sites excluding steroid dienone is 2. The van der Waals surface area contributed by atoms with Crippen LogP contribution in [0.2, 0.25) is 0 Å². The number of carbonyl (C=O) groups is 2. The third-order valence-corrected chi connectivity index (χ3v) is 5.36. The molecule has 1 aliphatic carbocycles. The Morgan fingerprint density at radius 2 is 1.97 bits per heavy atom. The van der Waals surface area contributed by atoms with Crippen LogP contribution in [-0.2, 0) is 11.4 Å². The number of alkyl halides is 1. The van der Waals surface area contributed by atoms with E-state index in [4.69, 9.17) is 4.74 Å². The quantitative estimate of drug-likeness (QED) is 0.273. The summed E-state index contributed by atoms with van der Waals surface area (Å²) >= 11 is 3.32. The Balaban J connectivity index is 1.70. The standard InChI is InChI=1S/C21H17BrN2O6/c22-21(10-2-1-9-18(21)20(26)27)23-19(25)15-6-4-8-17(12-15)30-13-14-5-3-7-16(11-14)24(28)29/h1-12,18H,13H2,(H,23,25)(H,26,27). The van der Waals surface area contributed by atoms with Crippen LogP contribution in [0, 0.1) is 16.0 Å². The van der Waals surface area contributed by atoms with Crippen molar-refractivity contribution in [2.24, 2.45) is 5.92 Å². The molecule has 0 fully saturated rings. The molecule has 0 radical (unpaired) electrons. The van der Waals surface area contributed by atoms with Gasteiger partial charge in [0.2, 0.25) is 0 Å². The van der Waals surface area contributed by atoms with E-state index in [9.17, 15) is 24.8 Å². The minimum absolute atomic E-state index is 0.0329. The number of non-ortho nitro benzene ring substituents is 1. The van der Waals surface area contributed by atoms with Gasteiger partial charge in [-0.15, -0.1) is 0 Å². The van der Waals surface area contributed by atoms with E-state index in [1.807, 2.05) is 0 Å². The molecule has 0 heterocycles. The van der Waals surface area contributed by atoms with Gasteiger partial charge in [0, 0.05) is 17.7 Å².